The molecule has 100 valence electrons. The number of carboxylic acids is 1. The SMILES string of the molecule is CN1CCc2c(c(C(F)(F)F)nn2CC(=O)O)C1. The Morgan fingerprint density at radius 3 is 2.72 bits per heavy atom. The monoisotopic (exact) mass is 263 g/mol. The summed E-state index contributed by atoms with van der Waals surface area (Å²) in [5, 5.41) is 12.1. The van der Waals surface area contributed by atoms with Crippen molar-refractivity contribution in [1.82, 2.24) is 14.7 Å². The van der Waals surface area contributed by atoms with Gasteiger partial charge in [0, 0.05) is 30.8 Å². The molecule has 5 nitrogen and oxygen atoms in total. The van der Waals surface area contributed by atoms with Gasteiger partial charge in [-0.25, -0.2) is 0 Å². The van der Waals surface area contributed by atoms with Crippen LogP contribution < -0.4 is 0 Å². The summed E-state index contributed by atoms with van der Waals surface area (Å²) < 4.78 is 39.4. The summed E-state index contributed by atoms with van der Waals surface area (Å²) in [4.78, 5) is 12.4. The molecule has 0 unspecified atom stereocenters. The van der Waals surface area contributed by atoms with Crippen molar-refractivity contribution in [2.75, 3.05) is 13.6 Å². The molecule has 0 spiro atoms. The zero-order valence-corrected chi connectivity index (χ0v) is 9.66. The third kappa shape index (κ3) is 2.33. The van der Waals surface area contributed by atoms with Gasteiger partial charge < -0.3 is 10.0 Å². The highest BCUT2D eigenvalue weighted by Gasteiger charge is 2.40. The number of hydrogen-bond donors (Lipinski definition) is 1. The number of carboxylic acid groups (broad SMARTS) is 1. The minimum Gasteiger partial charge on any atom is -0.480 e. The molecule has 1 aromatic rings. The van der Waals surface area contributed by atoms with Crippen LogP contribution in [0.1, 0.15) is 17.0 Å². The molecular formula is C10H12F3N3O2. The number of rotatable bonds is 2. The maximum absolute atomic E-state index is 12.8. The quantitative estimate of drug-likeness (QED) is 0.864. The minimum atomic E-state index is -4.55. The van der Waals surface area contributed by atoms with Crippen molar-refractivity contribution in [3.63, 3.8) is 0 Å². The van der Waals surface area contributed by atoms with Gasteiger partial charge in [0.2, 0.25) is 0 Å². The molecular weight excluding hydrogens is 251 g/mol. The lowest BCUT2D eigenvalue weighted by Gasteiger charge is -2.23. The zero-order valence-electron chi connectivity index (χ0n) is 9.66. The van der Waals surface area contributed by atoms with Crippen LogP contribution in [0.25, 0.3) is 0 Å². The fourth-order valence-corrected chi connectivity index (χ4v) is 2.11. The number of nitrogens with zero attached hydrogens (tertiary/aromatic N) is 3. The van der Waals surface area contributed by atoms with Gasteiger partial charge in [-0.15, -0.1) is 0 Å². The predicted molar refractivity (Wildman–Crippen MR) is 54.9 cm³/mol. The normalized spacial score (nSPS) is 16.7. The Morgan fingerprint density at radius 2 is 2.17 bits per heavy atom. The van der Waals surface area contributed by atoms with Gasteiger partial charge in [-0.2, -0.15) is 18.3 Å². The number of hydrogen-bond acceptors (Lipinski definition) is 3. The molecule has 0 fully saturated rings. The number of alkyl halides is 3. The van der Waals surface area contributed by atoms with E-state index in [-0.39, 0.29) is 12.1 Å². The van der Waals surface area contributed by atoms with Crippen molar-refractivity contribution in [1.29, 1.82) is 0 Å². The van der Waals surface area contributed by atoms with Crippen molar-refractivity contribution in [2.45, 2.75) is 25.7 Å². The Kier molecular flexibility index (Phi) is 3.05. The van der Waals surface area contributed by atoms with Gasteiger partial charge in [-0.3, -0.25) is 9.48 Å². The first kappa shape index (κ1) is 12.9. The smallest absolute Gasteiger partial charge is 0.435 e. The Morgan fingerprint density at radius 1 is 1.50 bits per heavy atom. The van der Waals surface area contributed by atoms with E-state index in [1.807, 2.05) is 0 Å². The van der Waals surface area contributed by atoms with Gasteiger partial charge in [0.05, 0.1) is 0 Å². The van der Waals surface area contributed by atoms with Crippen LogP contribution >= 0.6 is 0 Å². The molecule has 0 atom stereocenters. The van der Waals surface area contributed by atoms with Crippen LogP contribution in [0, 0.1) is 0 Å². The highest BCUT2D eigenvalue weighted by atomic mass is 19.4. The van der Waals surface area contributed by atoms with Crippen LogP contribution in [0.5, 0.6) is 0 Å². The highest BCUT2D eigenvalue weighted by Crippen LogP contribution is 2.34. The van der Waals surface area contributed by atoms with Crippen molar-refractivity contribution in [3.05, 3.63) is 17.0 Å². The van der Waals surface area contributed by atoms with Gasteiger partial charge in [0.1, 0.15) is 6.54 Å². The Bertz CT molecular complexity index is 481. The van der Waals surface area contributed by atoms with E-state index in [0.717, 1.165) is 4.68 Å². The first-order chi connectivity index (χ1) is 8.29. The standard InChI is InChI=1S/C10H12F3N3O2/c1-15-3-2-7-6(4-15)9(10(11,12)13)14-16(7)5-8(17)18/h2-5H2,1H3,(H,17,18). The second kappa shape index (κ2) is 4.27. The molecule has 0 saturated carbocycles. The van der Waals surface area contributed by atoms with Crippen LogP contribution in [0.4, 0.5) is 13.2 Å². The van der Waals surface area contributed by atoms with Gasteiger partial charge >= 0.3 is 12.1 Å². The van der Waals surface area contributed by atoms with Crippen LogP contribution in [-0.2, 0) is 30.5 Å². The molecule has 1 N–H and O–H groups in total. The number of halogens is 3. The molecule has 18 heavy (non-hydrogen) atoms. The third-order valence-corrected chi connectivity index (χ3v) is 2.88. The molecule has 1 aliphatic rings. The largest absolute Gasteiger partial charge is 0.480 e. The zero-order chi connectivity index (χ0) is 13.5. The molecule has 8 heteroatoms. The number of carbonyl (C=O) groups is 1. The fraction of sp³-hybridized carbons (Fsp3) is 0.600. The van der Waals surface area contributed by atoms with Crippen LogP contribution in [0.3, 0.4) is 0 Å². The molecule has 0 radical (unpaired) electrons. The van der Waals surface area contributed by atoms with Crippen molar-refractivity contribution in [3.8, 4) is 0 Å². The molecule has 1 aromatic heterocycles. The van der Waals surface area contributed by atoms with Gasteiger partial charge in [0.15, 0.2) is 5.69 Å². The Hall–Kier alpha value is -1.57. The van der Waals surface area contributed by atoms with Gasteiger partial charge in [-0.1, -0.05) is 0 Å². The molecule has 0 amide bonds. The van der Waals surface area contributed by atoms with Crippen molar-refractivity contribution >= 4 is 5.97 Å². The predicted octanol–water partition coefficient (Wildman–Crippen LogP) is 0.974. The molecule has 2 rings (SSSR count). The van der Waals surface area contributed by atoms with Crippen molar-refractivity contribution in [2.24, 2.45) is 0 Å². The van der Waals surface area contributed by atoms with E-state index in [1.54, 1.807) is 11.9 Å². The number of likely N-dealkylation sites (N-methyl/N-ethyl adjacent to an activating group) is 1. The van der Waals surface area contributed by atoms with Crippen molar-refractivity contribution < 1.29 is 23.1 Å². The van der Waals surface area contributed by atoms with E-state index in [1.165, 1.54) is 0 Å². The van der Waals surface area contributed by atoms with E-state index in [9.17, 15) is 18.0 Å². The second-order valence-electron chi connectivity index (χ2n) is 4.31. The summed E-state index contributed by atoms with van der Waals surface area (Å²) in [6.07, 6.45) is -4.17. The second-order valence-corrected chi connectivity index (χ2v) is 4.31. The van der Waals surface area contributed by atoms with Crippen LogP contribution in [0.15, 0.2) is 0 Å². The summed E-state index contributed by atoms with van der Waals surface area (Å²) in [7, 11) is 1.72. The Labute approximate surface area is 101 Å². The van der Waals surface area contributed by atoms with Crippen LogP contribution in [-0.4, -0.2) is 39.3 Å². The Balaban J connectivity index is 2.48. The number of fused-ring (bicyclic) bond motifs is 1. The molecule has 0 bridgehead atoms. The molecule has 0 aliphatic carbocycles. The molecule has 0 aromatic carbocycles. The third-order valence-electron chi connectivity index (χ3n) is 2.88. The van der Waals surface area contributed by atoms with Gasteiger partial charge in [-0.05, 0) is 7.05 Å². The average molecular weight is 263 g/mol. The molecule has 2 heterocycles. The summed E-state index contributed by atoms with van der Waals surface area (Å²) in [5.74, 6) is -1.20. The maximum Gasteiger partial charge on any atom is 0.435 e. The van der Waals surface area contributed by atoms with E-state index in [0.29, 0.717) is 18.7 Å². The van der Waals surface area contributed by atoms with E-state index in [4.69, 9.17) is 5.11 Å². The number of aromatic nitrogens is 2. The van der Waals surface area contributed by atoms with Gasteiger partial charge in [0.25, 0.3) is 0 Å². The summed E-state index contributed by atoms with van der Waals surface area (Å²) in [6, 6.07) is 0. The lowest BCUT2D eigenvalue weighted by atomic mass is 10.1. The maximum atomic E-state index is 12.8. The fourth-order valence-electron chi connectivity index (χ4n) is 2.11. The average Bonchev–Trinajstić information content (AvgIpc) is 2.55. The van der Waals surface area contributed by atoms with Crippen LogP contribution in [0.2, 0.25) is 0 Å². The molecule has 0 saturated heterocycles. The topological polar surface area (TPSA) is 58.4 Å². The highest BCUT2D eigenvalue weighted by molar-refractivity contribution is 5.66. The first-order valence-electron chi connectivity index (χ1n) is 5.35. The van der Waals surface area contributed by atoms with E-state index >= 15 is 0 Å². The number of aliphatic carboxylic acids is 1. The first-order valence-corrected chi connectivity index (χ1v) is 5.35. The van der Waals surface area contributed by atoms with E-state index < -0.39 is 24.4 Å². The molecule has 1 aliphatic heterocycles. The summed E-state index contributed by atoms with van der Waals surface area (Å²) in [5.41, 5.74) is -0.495. The lowest BCUT2D eigenvalue weighted by molar-refractivity contribution is -0.143. The van der Waals surface area contributed by atoms with E-state index in [2.05, 4.69) is 5.10 Å². The summed E-state index contributed by atoms with van der Waals surface area (Å²) >= 11 is 0. The lowest BCUT2D eigenvalue weighted by Crippen LogP contribution is -2.28. The summed E-state index contributed by atoms with van der Waals surface area (Å²) in [6.45, 7) is 0.196. The minimum absolute atomic E-state index is 0.0949.